The van der Waals surface area contributed by atoms with E-state index in [1.54, 1.807) is 18.2 Å². The van der Waals surface area contributed by atoms with Gasteiger partial charge in [0.15, 0.2) is 0 Å². The maximum absolute atomic E-state index is 13.9. The zero-order chi connectivity index (χ0) is 25.7. The highest BCUT2D eigenvalue weighted by Gasteiger charge is 2.15. The molecule has 1 aromatic heterocycles. The van der Waals surface area contributed by atoms with Crippen molar-refractivity contribution >= 4 is 17.7 Å². The summed E-state index contributed by atoms with van der Waals surface area (Å²) in [5, 5.41) is 12.0. The van der Waals surface area contributed by atoms with Gasteiger partial charge in [-0.2, -0.15) is 5.26 Å². The van der Waals surface area contributed by atoms with E-state index in [2.05, 4.69) is 5.32 Å². The van der Waals surface area contributed by atoms with Crippen molar-refractivity contribution in [2.24, 2.45) is 0 Å². The largest absolute Gasteiger partial charge is 0.489 e. The Hall–Kier alpha value is -4.70. The molecule has 0 unspecified atom stereocenters. The summed E-state index contributed by atoms with van der Waals surface area (Å²) in [6.45, 7) is 4.14. The number of halogens is 2. The summed E-state index contributed by atoms with van der Waals surface area (Å²) in [7, 11) is 0. The molecule has 5 nitrogen and oxygen atoms in total. The Bertz CT molecular complexity index is 1460. The van der Waals surface area contributed by atoms with E-state index in [0.717, 1.165) is 22.6 Å². The zero-order valence-electron chi connectivity index (χ0n) is 19.8. The van der Waals surface area contributed by atoms with Crippen LogP contribution in [0.3, 0.4) is 0 Å². The molecule has 1 heterocycles. The van der Waals surface area contributed by atoms with E-state index in [4.69, 9.17) is 4.74 Å². The molecule has 4 aromatic rings. The summed E-state index contributed by atoms with van der Waals surface area (Å²) < 4.78 is 34.7. The van der Waals surface area contributed by atoms with Crippen molar-refractivity contribution in [1.82, 2.24) is 4.57 Å². The van der Waals surface area contributed by atoms with Crippen molar-refractivity contribution in [3.05, 3.63) is 119 Å². The van der Waals surface area contributed by atoms with Crippen LogP contribution in [-0.2, 0) is 11.4 Å². The van der Waals surface area contributed by atoms with Gasteiger partial charge in [0, 0.05) is 17.1 Å². The van der Waals surface area contributed by atoms with E-state index in [0.29, 0.717) is 17.9 Å². The van der Waals surface area contributed by atoms with E-state index < -0.39 is 11.7 Å². The number of aryl methyl sites for hydroxylation is 1. The highest BCUT2D eigenvalue weighted by molar-refractivity contribution is 6.09. The fourth-order valence-electron chi connectivity index (χ4n) is 3.83. The number of aromatic nitrogens is 1. The number of nitrogens with zero attached hydrogens (tertiary/aromatic N) is 2. The number of benzene rings is 3. The monoisotopic (exact) mass is 483 g/mol. The van der Waals surface area contributed by atoms with Gasteiger partial charge in [0.25, 0.3) is 5.91 Å². The van der Waals surface area contributed by atoms with Crippen molar-refractivity contribution in [3.8, 4) is 17.5 Å². The minimum atomic E-state index is -0.685. The van der Waals surface area contributed by atoms with Crippen molar-refractivity contribution < 1.29 is 18.3 Å². The standard InChI is InChI=1S/C29H23F2N3O2/c1-19-15-22(16-23(17-32)29(35)33-28-6-4-3-5-27(28)31)20(2)34(19)25-11-13-26(14-12-25)36-18-21-7-9-24(30)10-8-21/h3-16H,18H2,1-2H3,(H,33,35)/b23-16-. The first-order valence-corrected chi connectivity index (χ1v) is 11.2. The van der Waals surface area contributed by atoms with Gasteiger partial charge in [-0.05, 0) is 85.6 Å². The highest BCUT2D eigenvalue weighted by Crippen LogP contribution is 2.25. The third kappa shape index (κ3) is 5.50. The molecule has 1 amide bonds. The second-order valence-corrected chi connectivity index (χ2v) is 8.17. The predicted octanol–water partition coefficient (Wildman–Crippen LogP) is 6.50. The molecule has 3 aromatic carbocycles. The number of rotatable bonds is 7. The van der Waals surface area contributed by atoms with Gasteiger partial charge in [-0.15, -0.1) is 0 Å². The summed E-state index contributed by atoms with van der Waals surface area (Å²) in [6, 6.07) is 23.2. The van der Waals surface area contributed by atoms with Gasteiger partial charge in [0.2, 0.25) is 0 Å². The molecular weight excluding hydrogens is 460 g/mol. The Labute approximate surface area is 207 Å². The van der Waals surface area contributed by atoms with Gasteiger partial charge in [0.05, 0.1) is 5.69 Å². The Morgan fingerprint density at radius 2 is 1.72 bits per heavy atom. The number of carbonyl (C=O) groups is 1. The first kappa shape index (κ1) is 24.4. The molecule has 4 rings (SSSR count). The molecule has 7 heteroatoms. The summed E-state index contributed by atoms with van der Waals surface area (Å²) in [4.78, 5) is 12.6. The van der Waals surface area contributed by atoms with Crippen LogP contribution in [-0.4, -0.2) is 10.5 Å². The molecule has 0 aliphatic rings. The average molecular weight is 484 g/mol. The molecule has 0 spiro atoms. The maximum Gasteiger partial charge on any atom is 0.266 e. The fourth-order valence-corrected chi connectivity index (χ4v) is 3.83. The van der Waals surface area contributed by atoms with E-state index in [-0.39, 0.29) is 17.1 Å². The number of hydrogen-bond donors (Lipinski definition) is 1. The van der Waals surface area contributed by atoms with Gasteiger partial charge in [-0.1, -0.05) is 24.3 Å². The summed E-state index contributed by atoms with van der Waals surface area (Å²) in [6.07, 6.45) is 1.50. The highest BCUT2D eigenvalue weighted by atomic mass is 19.1. The first-order chi connectivity index (χ1) is 17.4. The van der Waals surface area contributed by atoms with Crippen molar-refractivity contribution in [1.29, 1.82) is 5.26 Å². The maximum atomic E-state index is 13.9. The predicted molar refractivity (Wildman–Crippen MR) is 135 cm³/mol. The molecule has 0 atom stereocenters. The summed E-state index contributed by atoms with van der Waals surface area (Å²) in [5.74, 6) is -0.883. The molecular formula is C29H23F2N3O2. The van der Waals surface area contributed by atoms with Crippen LogP contribution in [0.4, 0.5) is 14.5 Å². The Balaban J connectivity index is 1.51. The van der Waals surface area contributed by atoms with Crippen LogP contribution >= 0.6 is 0 Å². The van der Waals surface area contributed by atoms with Gasteiger partial charge in [-0.3, -0.25) is 4.79 Å². The molecule has 0 saturated heterocycles. The van der Waals surface area contributed by atoms with Crippen LogP contribution in [0.2, 0.25) is 0 Å². The topological polar surface area (TPSA) is 67.0 Å². The Kier molecular flexibility index (Phi) is 7.26. The van der Waals surface area contributed by atoms with Crippen LogP contribution in [0.5, 0.6) is 5.75 Å². The molecule has 1 N–H and O–H groups in total. The Morgan fingerprint density at radius 3 is 2.39 bits per heavy atom. The SMILES string of the molecule is Cc1cc(/C=C(/C#N)C(=O)Nc2ccccc2F)c(C)n1-c1ccc(OCc2ccc(F)cc2)cc1. The van der Waals surface area contributed by atoms with Crippen LogP contribution in [0, 0.1) is 36.8 Å². The second-order valence-electron chi connectivity index (χ2n) is 8.17. The molecule has 36 heavy (non-hydrogen) atoms. The number of nitrogens with one attached hydrogen (secondary N) is 1. The summed E-state index contributed by atoms with van der Waals surface area (Å²) >= 11 is 0. The number of anilines is 1. The fraction of sp³-hybridized carbons (Fsp3) is 0.103. The lowest BCUT2D eigenvalue weighted by molar-refractivity contribution is -0.112. The lowest BCUT2D eigenvalue weighted by Gasteiger charge is -2.12. The van der Waals surface area contributed by atoms with E-state index in [1.165, 1.54) is 36.4 Å². The number of para-hydroxylation sites is 1. The lowest BCUT2D eigenvalue weighted by Crippen LogP contribution is -2.14. The quantitative estimate of drug-likeness (QED) is 0.241. The molecule has 0 bridgehead atoms. The van der Waals surface area contributed by atoms with Crippen LogP contribution in [0.15, 0.2) is 84.4 Å². The van der Waals surface area contributed by atoms with Crippen LogP contribution in [0.25, 0.3) is 11.8 Å². The van der Waals surface area contributed by atoms with Gasteiger partial charge < -0.3 is 14.6 Å². The van der Waals surface area contributed by atoms with Crippen molar-refractivity contribution in [3.63, 3.8) is 0 Å². The smallest absolute Gasteiger partial charge is 0.266 e. The number of ether oxygens (including phenoxy) is 1. The normalized spacial score (nSPS) is 11.1. The molecule has 0 saturated carbocycles. The number of nitriles is 1. The number of amides is 1. The third-order valence-electron chi connectivity index (χ3n) is 5.67. The minimum absolute atomic E-state index is 0.0101. The molecule has 0 aliphatic heterocycles. The van der Waals surface area contributed by atoms with Crippen molar-refractivity contribution in [2.45, 2.75) is 20.5 Å². The number of carbonyl (C=O) groups excluding carboxylic acids is 1. The van der Waals surface area contributed by atoms with Gasteiger partial charge in [-0.25, -0.2) is 8.78 Å². The van der Waals surface area contributed by atoms with Gasteiger partial charge >= 0.3 is 0 Å². The first-order valence-electron chi connectivity index (χ1n) is 11.2. The molecule has 180 valence electrons. The Morgan fingerprint density at radius 1 is 1.03 bits per heavy atom. The molecule has 0 aliphatic carbocycles. The van der Waals surface area contributed by atoms with Crippen LogP contribution < -0.4 is 10.1 Å². The second kappa shape index (κ2) is 10.7. The average Bonchev–Trinajstić information content (AvgIpc) is 3.16. The van der Waals surface area contributed by atoms with Crippen molar-refractivity contribution in [2.75, 3.05) is 5.32 Å². The zero-order valence-corrected chi connectivity index (χ0v) is 19.8. The lowest BCUT2D eigenvalue weighted by atomic mass is 10.1. The number of hydrogen-bond acceptors (Lipinski definition) is 3. The van der Waals surface area contributed by atoms with E-state index >= 15 is 0 Å². The third-order valence-corrected chi connectivity index (χ3v) is 5.67. The minimum Gasteiger partial charge on any atom is -0.489 e. The van der Waals surface area contributed by atoms with Crippen LogP contribution in [0.1, 0.15) is 22.5 Å². The van der Waals surface area contributed by atoms with E-state index in [1.807, 2.05) is 54.8 Å². The molecule has 0 fully saturated rings. The molecule has 0 radical (unpaired) electrons. The summed E-state index contributed by atoms with van der Waals surface area (Å²) in [5.41, 5.74) is 4.06. The van der Waals surface area contributed by atoms with E-state index in [9.17, 15) is 18.8 Å². The van der Waals surface area contributed by atoms with Gasteiger partial charge in [0.1, 0.15) is 35.6 Å².